The number of aryl methyl sites for hydroxylation is 1. The van der Waals surface area contributed by atoms with Crippen LogP contribution in [0.25, 0.3) is 33.9 Å². The van der Waals surface area contributed by atoms with Gasteiger partial charge in [0.2, 0.25) is 0 Å². The highest BCUT2D eigenvalue weighted by molar-refractivity contribution is 7.91. The van der Waals surface area contributed by atoms with Gasteiger partial charge in [-0.3, -0.25) is 0 Å². The topological polar surface area (TPSA) is 117 Å². The number of ether oxygens (including phenoxy) is 1. The van der Waals surface area contributed by atoms with Gasteiger partial charge in [-0.15, -0.1) is 0 Å². The molecule has 0 unspecified atom stereocenters. The Hall–Kier alpha value is -3.40. The number of esters is 1. The van der Waals surface area contributed by atoms with Crippen molar-refractivity contribution in [2.75, 3.05) is 18.6 Å². The van der Waals surface area contributed by atoms with Crippen LogP contribution >= 0.6 is 0 Å². The maximum atomic E-state index is 12.7. The van der Waals surface area contributed by atoms with Crippen molar-refractivity contribution < 1.29 is 26.8 Å². The molecule has 1 saturated heterocycles. The minimum absolute atomic E-state index is 0.0410. The number of hydrogen-bond acceptors (Lipinski definition) is 8. The Kier molecular flexibility index (Phi) is 4.47. The summed E-state index contributed by atoms with van der Waals surface area (Å²) in [4.78, 5) is 17.4. The fourth-order valence-corrected chi connectivity index (χ4v) is 5.61. The van der Waals surface area contributed by atoms with Gasteiger partial charge in [0.15, 0.2) is 27.0 Å². The second kappa shape index (κ2) is 7.09. The standard InChI is InChI=1S/C21H19N3O6S/c1-12-5-6-16(30-12)15-10-14(21(25)28-2)18-19(17-4-3-8-29-17)23-24(20(18)22-15)13-7-9-31(26,27)11-13/h3-6,8,10,13H,7,9,11H2,1-2H3/t13-/m1/s1. The van der Waals surface area contributed by atoms with Crippen LogP contribution < -0.4 is 0 Å². The largest absolute Gasteiger partial charge is 0.465 e. The molecule has 5 heterocycles. The van der Waals surface area contributed by atoms with Crippen LogP contribution in [0.5, 0.6) is 0 Å². The highest BCUT2D eigenvalue weighted by Gasteiger charge is 2.34. The summed E-state index contributed by atoms with van der Waals surface area (Å²) in [5.41, 5.74) is 1.45. The molecule has 1 fully saturated rings. The number of carbonyl (C=O) groups is 1. The van der Waals surface area contributed by atoms with Crippen LogP contribution in [-0.2, 0) is 14.6 Å². The van der Waals surface area contributed by atoms with Crippen molar-refractivity contribution in [3.8, 4) is 22.9 Å². The van der Waals surface area contributed by atoms with E-state index < -0.39 is 21.8 Å². The third-order valence-corrected chi connectivity index (χ3v) is 7.12. The van der Waals surface area contributed by atoms with Crippen molar-refractivity contribution in [3.63, 3.8) is 0 Å². The van der Waals surface area contributed by atoms with Crippen LogP contribution in [0.1, 0.15) is 28.6 Å². The molecule has 31 heavy (non-hydrogen) atoms. The molecule has 1 aliphatic rings. The van der Waals surface area contributed by atoms with E-state index in [2.05, 4.69) is 5.10 Å². The van der Waals surface area contributed by atoms with Crippen LogP contribution in [0, 0.1) is 6.92 Å². The van der Waals surface area contributed by atoms with Crippen LogP contribution in [0.3, 0.4) is 0 Å². The summed E-state index contributed by atoms with van der Waals surface area (Å²) in [6, 6.07) is 8.19. The quantitative estimate of drug-likeness (QED) is 0.442. The molecule has 0 bridgehead atoms. The monoisotopic (exact) mass is 441 g/mol. The molecule has 4 aromatic rings. The summed E-state index contributed by atoms with van der Waals surface area (Å²) in [7, 11) is -1.87. The molecule has 0 aliphatic carbocycles. The SMILES string of the molecule is COC(=O)c1cc(-c2ccc(C)o2)nc2c1c(-c1ccco1)nn2[C@@H]1CCS(=O)(=O)C1. The summed E-state index contributed by atoms with van der Waals surface area (Å²) in [5, 5.41) is 5.10. The first-order chi connectivity index (χ1) is 14.9. The number of nitrogens with zero attached hydrogens (tertiary/aromatic N) is 3. The molecule has 0 saturated carbocycles. The number of sulfone groups is 1. The first kappa shape index (κ1) is 19.6. The summed E-state index contributed by atoms with van der Waals surface area (Å²) in [6.45, 7) is 1.81. The Labute approximate surface area is 177 Å². The van der Waals surface area contributed by atoms with E-state index in [-0.39, 0.29) is 17.1 Å². The highest BCUT2D eigenvalue weighted by Crippen LogP contribution is 2.36. The van der Waals surface area contributed by atoms with Gasteiger partial charge in [0.05, 0.1) is 41.9 Å². The Morgan fingerprint density at radius 3 is 2.71 bits per heavy atom. The third kappa shape index (κ3) is 3.32. The maximum absolute atomic E-state index is 12.7. The number of fused-ring (bicyclic) bond motifs is 1. The van der Waals surface area contributed by atoms with Crippen molar-refractivity contribution >= 4 is 26.8 Å². The second-order valence-corrected chi connectivity index (χ2v) is 9.71. The first-order valence-corrected chi connectivity index (χ1v) is 11.5. The molecule has 5 rings (SSSR count). The third-order valence-electron chi connectivity index (χ3n) is 5.37. The van der Waals surface area contributed by atoms with Crippen molar-refractivity contribution in [3.05, 3.63) is 47.9 Å². The first-order valence-electron chi connectivity index (χ1n) is 9.69. The van der Waals surface area contributed by atoms with Crippen molar-refractivity contribution in [2.45, 2.75) is 19.4 Å². The van der Waals surface area contributed by atoms with Gasteiger partial charge in [-0.25, -0.2) is 22.9 Å². The Bertz CT molecular complexity index is 1400. The summed E-state index contributed by atoms with van der Waals surface area (Å²) in [6.07, 6.45) is 1.92. The van der Waals surface area contributed by atoms with Gasteiger partial charge < -0.3 is 13.6 Å². The Morgan fingerprint density at radius 2 is 2.10 bits per heavy atom. The molecule has 4 aromatic heterocycles. The smallest absolute Gasteiger partial charge is 0.338 e. The number of furan rings is 2. The zero-order valence-electron chi connectivity index (χ0n) is 16.9. The molecule has 1 atom stereocenters. The average Bonchev–Trinajstić information content (AvgIpc) is 3.52. The Balaban J connectivity index is 1.83. The lowest BCUT2D eigenvalue weighted by Crippen LogP contribution is -2.13. The number of hydrogen-bond donors (Lipinski definition) is 0. The minimum Gasteiger partial charge on any atom is -0.465 e. The normalized spacial score (nSPS) is 17.9. The lowest BCUT2D eigenvalue weighted by molar-refractivity contribution is 0.0603. The minimum atomic E-state index is -3.17. The summed E-state index contributed by atoms with van der Waals surface area (Å²) < 4.78 is 42.1. The second-order valence-electron chi connectivity index (χ2n) is 7.48. The lowest BCUT2D eigenvalue weighted by atomic mass is 10.1. The lowest BCUT2D eigenvalue weighted by Gasteiger charge is -2.10. The number of carbonyl (C=O) groups excluding carboxylic acids is 1. The predicted molar refractivity (Wildman–Crippen MR) is 111 cm³/mol. The van der Waals surface area contributed by atoms with Crippen molar-refractivity contribution in [1.82, 2.24) is 14.8 Å². The van der Waals surface area contributed by atoms with Gasteiger partial charge in [0, 0.05) is 0 Å². The van der Waals surface area contributed by atoms with Crippen LogP contribution in [-0.4, -0.2) is 47.8 Å². The molecule has 160 valence electrons. The van der Waals surface area contributed by atoms with E-state index >= 15 is 0 Å². The summed E-state index contributed by atoms with van der Waals surface area (Å²) in [5.74, 6) is 1.09. The zero-order valence-corrected chi connectivity index (χ0v) is 17.7. The van der Waals surface area contributed by atoms with Crippen LogP contribution in [0.15, 0.2) is 45.4 Å². The molecule has 0 spiro atoms. The molecule has 10 heteroatoms. The zero-order chi connectivity index (χ0) is 21.8. The van der Waals surface area contributed by atoms with Gasteiger partial charge in [0.25, 0.3) is 0 Å². The van der Waals surface area contributed by atoms with Crippen LogP contribution in [0.4, 0.5) is 0 Å². The van der Waals surface area contributed by atoms with Gasteiger partial charge in [-0.05, 0) is 43.7 Å². The van der Waals surface area contributed by atoms with E-state index in [0.29, 0.717) is 46.1 Å². The fourth-order valence-electron chi connectivity index (χ4n) is 3.91. The van der Waals surface area contributed by atoms with Gasteiger partial charge in [-0.2, -0.15) is 5.10 Å². The number of rotatable bonds is 4. The van der Waals surface area contributed by atoms with E-state index in [1.165, 1.54) is 13.4 Å². The van der Waals surface area contributed by atoms with E-state index in [4.69, 9.17) is 18.6 Å². The number of pyridine rings is 1. The molecule has 0 N–H and O–H groups in total. The molecule has 0 amide bonds. The highest BCUT2D eigenvalue weighted by atomic mass is 32.2. The average molecular weight is 441 g/mol. The molecule has 9 nitrogen and oxygen atoms in total. The molecular weight excluding hydrogens is 422 g/mol. The van der Waals surface area contributed by atoms with E-state index in [9.17, 15) is 13.2 Å². The van der Waals surface area contributed by atoms with Crippen molar-refractivity contribution in [1.29, 1.82) is 0 Å². The number of aromatic nitrogens is 3. The Morgan fingerprint density at radius 1 is 1.26 bits per heavy atom. The molecule has 0 radical (unpaired) electrons. The predicted octanol–water partition coefficient (Wildman–Crippen LogP) is 3.41. The van der Waals surface area contributed by atoms with E-state index in [0.717, 1.165) is 0 Å². The molecular formula is C21H19N3O6S. The van der Waals surface area contributed by atoms with Crippen molar-refractivity contribution in [2.24, 2.45) is 0 Å². The van der Waals surface area contributed by atoms with Gasteiger partial charge in [-0.1, -0.05) is 0 Å². The molecule has 0 aromatic carbocycles. The van der Waals surface area contributed by atoms with E-state index in [1.807, 2.05) is 6.92 Å². The number of methoxy groups -OCH3 is 1. The van der Waals surface area contributed by atoms with Crippen LogP contribution in [0.2, 0.25) is 0 Å². The van der Waals surface area contributed by atoms with E-state index in [1.54, 1.807) is 35.0 Å². The van der Waals surface area contributed by atoms with Gasteiger partial charge >= 0.3 is 5.97 Å². The van der Waals surface area contributed by atoms with Gasteiger partial charge in [0.1, 0.15) is 17.1 Å². The molecule has 1 aliphatic heterocycles. The maximum Gasteiger partial charge on any atom is 0.338 e. The fraction of sp³-hybridized carbons (Fsp3) is 0.286. The summed E-state index contributed by atoms with van der Waals surface area (Å²) >= 11 is 0.